The summed E-state index contributed by atoms with van der Waals surface area (Å²) in [4.78, 5) is 0. The first-order valence-corrected chi connectivity index (χ1v) is 5.66. The second kappa shape index (κ2) is 6.64. The van der Waals surface area contributed by atoms with Crippen LogP contribution in [-0.4, -0.2) is 24.8 Å². The largest absolute Gasteiger partial charge is 0.385 e. The summed E-state index contributed by atoms with van der Waals surface area (Å²) >= 11 is 0. The van der Waals surface area contributed by atoms with Crippen molar-refractivity contribution in [2.45, 2.75) is 32.9 Å². The molecule has 0 fully saturated rings. The van der Waals surface area contributed by atoms with E-state index in [1.54, 1.807) is 7.11 Å². The van der Waals surface area contributed by atoms with Crippen LogP contribution >= 0.6 is 0 Å². The van der Waals surface area contributed by atoms with Crippen molar-refractivity contribution in [3.8, 4) is 0 Å². The molecule has 0 aromatic carbocycles. The molecule has 0 saturated heterocycles. The highest BCUT2D eigenvalue weighted by Crippen LogP contribution is 2.12. The predicted octanol–water partition coefficient (Wildman–Crippen LogP) is 2.20. The summed E-state index contributed by atoms with van der Waals surface area (Å²) in [5.41, 5.74) is 1.36. The number of hydrogen-bond donors (Lipinski definition) is 1. The van der Waals surface area contributed by atoms with Gasteiger partial charge in [0.1, 0.15) is 0 Å². The molecular formula is C12H22N2O. The number of aromatic nitrogens is 1. The SMILES string of the molecule is CCn1ccc([C@@H](C)NCCCOC)c1. The molecule has 0 aliphatic heterocycles. The Hall–Kier alpha value is -0.800. The van der Waals surface area contributed by atoms with E-state index >= 15 is 0 Å². The highest BCUT2D eigenvalue weighted by Gasteiger charge is 2.05. The molecule has 1 rings (SSSR count). The molecule has 0 bridgehead atoms. The fraction of sp³-hybridized carbons (Fsp3) is 0.667. The smallest absolute Gasteiger partial charge is 0.0474 e. The molecule has 0 aliphatic carbocycles. The van der Waals surface area contributed by atoms with E-state index in [9.17, 15) is 0 Å². The van der Waals surface area contributed by atoms with Crippen LogP contribution < -0.4 is 5.32 Å². The minimum atomic E-state index is 0.426. The van der Waals surface area contributed by atoms with Gasteiger partial charge in [-0.3, -0.25) is 0 Å². The fourth-order valence-corrected chi connectivity index (χ4v) is 1.57. The van der Waals surface area contributed by atoms with Gasteiger partial charge in [0.2, 0.25) is 0 Å². The zero-order valence-corrected chi connectivity index (χ0v) is 9.99. The standard InChI is InChI=1S/C12H22N2O/c1-4-14-8-6-12(10-14)11(2)13-7-5-9-15-3/h6,8,10-11,13H,4-5,7,9H2,1-3H3/t11-/m1/s1. The number of aryl methyl sites for hydroxylation is 1. The van der Waals surface area contributed by atoms with E-state index in [1.165, 1.54) is 5.56 Å². The Morgan fingerprint density at radius 3 is 2.93 bits per heavy atom. The van der Waals surface area contributed by atoms with E-state index in [0.717, 1.165) is 26.1 Å². The second-order valence-corrected chi connectivity index (χ2v) is 3.80. The third kappa shape index (κ3) is 4.06. The molecule has 3 heteroatoms. The Balaban J connectivity index is 2.29. The van der Waals surface area contributed by atoms with Crippen molar-refractivity contribution in [3.63, 3.8) is 0 Å². The van der Waals surface area contributed by atoms with Crippen LogP contribution in [0.25, 0.3) is 0 Å². The van der Waals surface area contributed by atoms with Crippen molar-refractivity contribution in [3.05, 3.63) is 24.0 Å². The van der Waals surface area contributed by atoms with Gasteiger partial charge in [-0.25, -0.2) is 0 Å². The van der Waals surface area contributed by atoms with E-state index < -0.39 is 0 Å². The van der Waals surface area contributed by atoms with Crippen LogP contribution in [0.15, 0.2) is 18.5 Å². The Morgan fingerprint density at radius 2 is 2.33 bits per heavy atom. The molecule has 15 heavy (non-hydrogen) atoms. The number of nitrogens with zero attached hydrogens (tertiary/aromatic N) is 1. The molecule has 0 saturated carbocycles. The average molecular weight is 210 g/mol. The minimum Gasteiger partial charge on any atom is -0.385 e. The van der Waals surface area contributed by atoms with Crippen molar-refractivity contribution in [2.75, 3.05) is 20.3 Å². The maximum absolute atomic E-state index is 5.01. The van der Waals surface area contributed by atoms with Crippen LogP contribution in [-0.2, 0) is 11.3 Å². The zero-order chi connectivity index (χ0) is 11.1. The summed E-state index contributed by atoms with van der Waals surface area (Å²) < 4.78 is 7.20. The molecule has 0 radical (unpaired) electrons. The van der Waals surface area contributed by atoms with Crippen LogP contribution in [0.1, 0.15) is 31.9 Å². The van der Waals surface area contributed by atoms with E-state index in [-0.39, 0.29) is 0 Å². The van der Waals surface area contributed by atoms with Crippen molar-refractivity contribution in [1.29, 1.82) is 0 Å². The van der Waals surface area contributed by atoms with Gasteiger partial charge >= 0.3 is 0 Å². The van der Waals surface area contributed by atoms with Gasteiger partial charge in [-0.1, -0.05) is 0 Å². The molecule has 1 atom stereocenters. The fourth-order valence-electron chi connectivity index (χ4n) is 1.57. The van der Waals surface area contributed by atoms with Gasteiger partial charge in [-0.15, -0.1) is 0 Å². The lowest BCUT2D eigenvalue weighted by molar-refractivity contribution is 0.193. The summed E-state index contributed by atoms with van der Waals surface area (Å²) in [6.45, 7) is 7.22. The second-order valence-electron chi connectivity index (χ2n) is 3.80. The minimum absolute atomic E-state index is 0.426. The first-order chi connectivity index (χ1) is 7.27. The van der Waals surface area contributed by atoms with Crippen molar-refractivity contribution < 1.29 is 4.74 Å². The Labute approximate surface area is 92.4 Å². The number of rotatable bonds is 7. The molecule has 0 amide bonds. The average Bonchev–Trinajstić information content (AvgIpc) is 2.72. The molecule has 0 aliphatic rings. The molecule has 1 aromatic heterocycles. The van der Waals surface area contributed by atoms with Crippen LogP contribution in [0.4, 0.5) is 0 Å². The lowest BCUT2D eigenvalue weighted by Crippen LogP contribution is -2.20. The van der Waals surface area contributed by atoms with Crippen LogP contribution in [0, 0.1) is 0 Å². The third-order valence-corrected chi connectivity index (χ3v) is 2.61. The quantitative estimate of drug-likeness (QED) is 0.698. The first kappa shape index (κ1) is 12.3. The van der Waals surface area contributed by atoms with Gasteiger partial charge in [0.25, 0.3) is 0 Å². The molecule has 0 spiro atoms. The van der Waals surface area contributed by atoms with Gasteiger partial charge in [-0.2, -0.15) is 0 Å². The Kier molecular flexibility index (Phi) is 5.43. The monoisotopic (exact) mass is 210 g/mol. The molecule has 1 N–H and O–H groups in total. The van der Waals surface area contributed by atoms with Gasteiger partial charge < -0.3 is 14.6 Å². The van der Waals surface area contributed by atoms with E-state index in [4.69, 9.17) is 4.74 Å². The normalized spacial score (nSPS) is 13.0. The van der Waals surface area contributed by atoms with Crippen LogP contribution in [0.3, 0.4) is 0 Å². The Morgan fingerprint density at radius 1 is 1.53 bits per heavy atom. The molecule has 0 unspecified atom stereocenters. The third-order valence-electron chi connectivity index (χ3n) is 2.61. The van der Waals surface area contributed by atoms with Gasteiger partial charge in [0.15, 0.2) is 0 Å². The van der Waals surface area contributed by atoms with Crippen molar-refractivity contribution in [1.82, 2.24) is 9.88 Å². The van der Waals surface area contributed by atoms with Gasteiger partial charge in [0, 0.05) is 38.7 Å². The summed E-state index contributed by atoms with van der Waals surface area (Å²) in [7, 11) is 1.74. The molecule has 3 nitrogen and oxygen atoms in total. The molecule has 86 valence electrons. The van der Waals surface area contributed by atoms with E-state index in [1.807, 2.05) is 0 Å². The summed E-state index contributed by atoms with van der Waals surface area (Å²) in [5, 5.41) is 3.48. The Bertz CT molecular complexity index is 270. The number of hydrogen-bond acceptors (Lipinski definition) is 2. The predicted molar refractivity (Wildman–Crippen MR) is 63.0 cm³/mol. The number of ether oxygens (including phenoxy) is 1. The zero-order valence-electron chi connectivity index (χ0n) is 9.99. The highest BCUT2D eigenvalue weighted by atomic mass is 16.5. The van der Waals surface area contributed by atoms with Crippen molar-refractivity contribution >= 4 is 0 Å². The molecular weight excluding hydrogens is 188 g/mol. The highest BCUT2D eigenvalue weighted by molar-refractivity contribution is 5.14. The van der Waals surface area contributed by atoms with Crippen LogP contribution in [0.2, 0.25) is 0 Å². The first-order valence-electron chi connectivity index (χ1n) is 5.66. The van der Waals surface area contributed by atoms with Crippen LogP contribution in [0.5, 0.6) is 0 Å². The lowest BCUT2D eigenvalue weighted by atomic mass is 10.2. The molecule has 1 heterocycles. The topological polar surface area (TPSA) is 26.2 Å². The van der Waals surface area contributed by atoms with Gasteiger partial charge in [-0.05, 0) is 38.4 Å². The maximum Gasteiger partial charge on any atom is 0.0474 e. The summed E-state index contributed by atoms with van der Waals surface area (Å²) in [6, 6.07) is 2.60. The lowest BCUT2D eigenvalue weighted by Gasteiger charge is -2.11. The summed E-state index contributed by atoms with van der Waals surface area (Å²) in [5.74, 6) is 0. The number of nitrogens with one attached hydrogen (secondary N) is 1. The number of methoxy groups -OCH3 is 1. The maximum atomic E-state index is 5.01. The summed E-state index contributed by atoms with van der Waals surface area (Å²) in [6.07, 6.45) is 5.39. The van der Waals surface area contributed by atoms with E-state index in [0.29, 0.717) is 6.04 Å². The van der Waals surface area contributed by atoms with Gasteiger partial charge in [0.05, 0.1) is 0 Å². The van der Waals surface area contributed by atoms with Crippen molar-refractivity contribution in [2.24, 2.45) is 0 Å². The van der Waals surface area contributed by atoms with E-state index in [2.05, 4.69) is 42.2 Å². The molecule has 1 aromatic rings.